The van der Waals surface area contributed by atoms with Crippen molar-refractivity contribution in [3.8, 4) is 11.5 Å². The van der Waals surface area contributed by atoms with Crippen LogP contribution in [0.15, 0.2) is 24.3 Å². The predicted octanol–water partition coefficient (Wildman–Crippen LogP) is 1.06. The number of methoxy groups -OCH3 is 1. The Hall–Kier alpha value is -1.95. The lowest BCUT2D eigenvalue weighted by atomic mass is 10.3. The van der Waals surface area contributed by atoms with E-state index in [4.69, 9.17) is 14.6 Å². The number of phenolic OH excluding ortho intramolecular Hbond substituents is 1. The second-order valence-electron chi connectivity index (χ2n) is 3.65. The SMILES string of the molecule is COCCNC(=O)NC(C)Oc1ccc(O)cc1. The lowest BCUT2D eigenvalue weighted by Gasteiger charge is -2.16. The molecule has 0 aliphatic carbocycles. The van der Waals surface area contributed by atoms with Crippen LogP contribution >= 0.6 is 0 Å². The van der Waals surface area contributed by atoms with Crippen LogP contribution in [0.5, 0.6) is 11.5 Å². The molecule has 0 radical (unpaired) electrons. The number of phenols is 1. The lowest BCUT2D eigenvalue weighted by Crippen LogP contribution is -2.44. The van der Waals surface area contributed by atoms with E-state index in [9.17, 15) is 4.79 Å². The van der Waals surface area contributed by atoms with Crippen LogP contribution in [0, 0.1) is 0 Å². The predicted molar refractivity (Wildman–Crippen MR) is 66.6 cm³/mol. The van der Waals surface area contributed by atoms with Crippen molar-refractivity contribution in [1.29, 1.82) is 0 Å². The monoisotopic (exact) mass is 254 g/mol. The first-order valence-electron chi connectivity index (χ1n) is 5.61. The van der Waals surface area contributed by atoms with Gasteiger partial charge in [-0.05, 0) is 31.2 Å². The first-order chi connectivity index (χ1) is 8.61. The van der Waals surface area contributed by atoms with Gasteiger partial charge in [0, 0.05) is 13.7 Å². The molecule has 0 spiro atoms. The maximum atomic E-state index is 11.4. The number of aromatic hydroxyl groups is 1. The normalized spacial score (nSPS) is 11.7. The quantitative estimate of drug-likeness (QED) is 0.524. The molecule has 0 saturated heterocycles. The van der Waals surface area contributed by atoms with E-state index in [0.29, 0.717) is 18.9 Å². The molecule has 1 rings (SSSR count). The Morgan fingerprint density at radius 1 is 1.39 bits per heavy atom. The van der Waals surface area contributed by atoms with Gasteiger partial charge in [-0.2, -0.15) is 0 Å². The second kappa shape index (κ2) is 7.39. The molecule has 0 saturated carbocycles. The summed E-state index contributed by atoms with van der Waals surface area (Å²) in [6.07, 6.45) is -0.475. The Morgan fingerprint density at radius 2 is 2.06 bits per heavy atom. The van der Waals surface area contributed by atoms with Gasteiger partial charge >= 0.3 is 6.03 Å². The van der Waals surface area contributed by atoms with Gasteiger partial charge in [0.15, 0.2) is 6.23 Å². The molecule has 1 aromatic carbocycles. The molecule has 2 amide bonds. The molecular weight excluding hydrogens is 236 g/mol. The smallest absolute Gasteiger partial charge is 0.317 e. The molecule has 6 nitrogen and oxygen atoms in total. The van der Waals surface area contributed by atoms with Crippen LogP contribution in [0.25, 0.3) is 0 Å². The second-order valence-corrected chi connectivity index (χ2v) is 3.65. The third-order valence-corrected chi connectivity index (χ3v) is 2.08. The van der Waals surface area contributed by atoms with E-state index in [1.165, 1.54) is 12.1 Å². The van der Waals surface area contributed by atoms with E-state index in [1.807, 2.05) is 0 Å². The fourth-order valence-electron chi connectivity index (χ4n) is 1.26. The number of nitrogens with one attached hydrogen (secondary N) is 2. The van der Waals surface area contributed by atoms with Gasteiger partial charge in [0.1, 0.15) is 11.5 Å². The molecule has 0 bridgehead atoms. The molecule has 0 heterocycles. The fraction of sp³-hybridized carbons (Fsp3) is 0.417. The molecule has 0 fully saturated rings. The molecule has 1 aromatic rings. The van der Waals surface area contributed by atoms with Crippen LogP contribution in [-0.2, 0) is 4.74 Å². The number of amides is 2. The van der Waals surface area contributed by atoms with Crippen LogP contribution in [0.1, 0.15) is 6.92 Å². The first-order valence-corrected chi connectivity index (χ1v) is 5.61. The van der Waals surface area contributed by atoms with Gasteiger partial charge in [-0.25, -0.2) is 4.79 Å². The van der Waals surface area contributed by atoms with Crippen LogP contribution < -0.4 is 15.4 Å². The topological polar surface area (TPSA) is 79.8 Å². The van der Waals surface area contributed by atoms with Crippen LogP contribution in [0.3, 0.4) is 0 Å². The Morgan fingerprint density at radius 3 is 2.67 bits per heavy atom. The highest BCUT2D eigenvalue weighted by molar-refractivity contribution is 5.73. The number of rotatable bonds is 6. The number of benzene rings is 1. The molecule has 0 aromatic heterocycles. The zero-order valence-corrected chi connectivity index (χ0v) is 10.5. The molecule has 0 aliphatic rings. The van der Waals surface area contributed by atoms with E-state index in [-0.39, 0.29) is 11.8 Å². The zero-order chi connectivity index (χ0) is 13.4. The van der Waals surface area contributed by atoms with Crippen molar-refractivity contribution in [1.82, 2.24) is 10.6 Å². The van der Waals surface area contributed by atoms with Crippen LogP contribution in [-0.4, -0.2) is 37.6 Å². The Bertz CT molecular complexity index is 367. The summed E-state index contributed by atoms with van der Waals surface area (Å²) in [6.45, 7) is 2.61. The van der Waals surface area contributed by atoms with Gasteiger partial charge in [0.2, 0.25) is 0 Å². The number of urea groups is 1. The molecule has 0 aliphatic heterocycles. The van der Waals surface area contributed by atoms with Crippen molar-refractivity contribution in [2.45, 2.75) is 13.2 Å². The van der Waals surface area contributed by atoms with Crippen LogP contribution in [0.4, 0.5) is 4.79 Å². The van der Waals surface area contributed by atoms with Gasteiger partial charge < -0.3 is 25.2 Å². The number of hydrogen-bond donors (Lipinski definition) is 3. The number of carbonyl (C=O) groups is 1. The van der Waals surface area contributed by atoms with Crippen molar-refractivity contribution < 1.29 is 19.4 Å². The Labute approximate surface area is 106 Å². The average molecular weight is 254 g/mol. The minimum atomic E-state index is -0.475. The van der Waals surface area contributed by atoms with Crippen molar-refractivity contribution in [2.75, 3.05) is 20.3 Å². The molecule has 3 N–H and O–H groups in total. The van der Waals surface area contributed by atoms with E-state index >= 15 is 0 Å². The summed E-state index contributed by atoms with van der Waals surface area (Å²) in [6, 6.07) is 5.95. The van der Waals surface area contributed by atoms with E-state index in [1.54, 1.807) is 26.2 Å². The summed E-state index contributed by atoms with van der Waals surface area (Å²) >= 11 is 0. The summed E-state index contributed by atoms with van der Waals surface area (Å²) in [5.41, 5.74) is 0. The largest absolute Gasteiger partial charge is 0.508 e. The number of hydrogen-bond acceptors (Lipinski definition) is 4. The number of ether oxygens (including phenoxy) is 2. The summed E-state index contributed by atoms with van der Waals surface area (Å²) in [4.78, 5) is 11.4. The molecule has 1 atom stereocenters. The van der Waals surface area contributed by atoms with Crippen LogP contribution in [0.2, 0.25) is 0 Å². The summed E-state index contributed by atoms with van der Waals surface area (Å²) in [7, 11) is 1.57. The lowest BCUT2D eigenvalue weighted by molar-refractivity contribution is 0.170. The molecule has 6 heteroatoms. The summed E-state index contributed by atoms with van der Waals surface area (Å²) in [5.74, 6) is 0.734. The van der Waals surface area contributed by atoms with Crippen molar-refractivity contribution >= 4 is 6.03 Å². The van der Waals surface area contributed by atoms with Gasteiger partial charge in [-0.3, -0.25) is 0 Å². The Balaban J connectivity index is 2.30. The number of carbonyl (C=O) groups excluding carboxylic acids is 1. The highest BCUT2D eigenvalue weighted by Crippen LogP contribution is 2.16. The van der Waals surface area contributed by atoms with Crippen molar-refractivity contribution in [2.24, 2.45) is 0 Å². The highest BCUT2D eigenvalue weighted by atomic mass is 16.5. The zero-order valence-electron chi connectivity index (χ0n) is 10.5. The van der Waals surface area contributed by atoms with Gasteiger partial charge in [-0.1, -0.05) is 0 Å². The summed E-state index contributed by atoms with van der Waals surface area (Å²) < 4.78 is 10.2. The minimum Gasteiger partial charge on any atom is -0.508 e. The molecule has 18 heavy (non-hydrogen) atoms. The molecule has 100 valence electrons. The first kappa shape index (κ1) is 14.1. The van der Waals surface area contributed by atoms with E-state index < -0.39 is 6.23 Å². The Kier molecular flexibility index (Phi) is 5.79. The molecular formula is C12H18N2O4. The summed E-state index contributed by atoms with van der Waals surface area (Å²) in [5, 5.41) is 14.3. The maximum Gasteiger partial charge on any atom is 0.317 e. The minimum absolute atomic E-state index is 0.167. The fourth-order valence-corrected chi connectivity index (χ4v) is 1.26. The third kappa shape index (κ3) is 5.40. The van der Waals surface area contributed by atoms with E-state index in [2.05, 4.69) is 10.6 Å². The third-order valence-electron chi connectivity index (χ3n) is 2.08. The van der Waals surface area contributed by atoms with Gasteiger partial charge in [0.05, 0.1) is 6.61 Å². The van der Waals surface area contributed by atoms with Gasteiger partial charge in [-0.15, -0.1) is 0 Å². The van der Waals surface area contributed by atoms with E-state index in [0.717, 1.165) is 0 Å². The molecule has 1 unspecified atom stereocenters. The highest BCUT2D eigenvalue weighted by Gasteiger charge is 2.07. The van der Waals surface area contributed by atoms with Crippen molar-refractivity contribution in [3.63, 3.8) is 0 Å². The standard InChI is InChI=1S/C12H18N2O4/c1-9(14-12(16)13-7-8-17-2)18-11-5-3-10(15)4-6-11/h3-6,9,15H,7-8H2,1-2H3,(H2,13,14,16). The maximum absolute atomic E-state index is 11.4. The average Bonchev–Trinajstić information content (AvgIpc) is 2.32. The van der Waals surface area contributed by atoms with Crippen molar-refractivity contribution in [3.05, 3.63) is 24.3 Å². The van der Waals surface area contributed by atoms with Gasteiger partial charge in [0.25, 0.3) is 0 Å².